The lowest BCUT2D eigenvalue weighted by molar-refractivity contribution is -0.106. The summed E-state index contributed by atoms with van der Waals surface area (Å²) in [6.45, 7) is 3.86. The summed E-state index contributed by atoms with van der Waals surface area (Å²) in [4.78, 5) is 23.9. The minimum absolute atomic E-state index is 0.0730. The van der Waals surface area contributed by atoms with E-state index in [1.165, 1.54) is 16.8 Å². The number of carbonyl (C=O) groups is 1. The van der Waals surface area contributed by atoms with Gasteiger partial charge in [0.25, 0.3) is 5.56 Å². The fourth-order valence-electron chi connectivity index (χ4n) is 1.20. The molecule has 0 aliphatic heterocycles. The van der Waals surface area contributed by atoms with Gasteiger partial charge in [0.1, 0.15) is 0 Å². The fourth-order valence-corrected chi connectivity index (χ4v) is 1.20. The molecule has 80 valence electrons. The maximum atomic E-state index is 11.2. The van der Waals surface area contributed by atoms with Crippen LogP contribution in [-0.4, -0.2) is 21.0 Å². The van der Waals surface area contributed by atoms with Crippen LogP contribution in [0, 0.1) is 13.8 Å². The third kappa shape index (κ3) is 2.04. The van der Waals surface area contributed by atoms with Gasteiger partial charge in [-0.1, -0.05) is 0 Å². The van der Waals surface area contributed by atoms with Gasteiger partial charge in [-0.3, -0.25) is 14.7 Å². The van der Waals surface area contributed by atoms with Crippen molar-refractivity contribution in [2.75, 3.05) is 0 Å². The van der Waals surface area contributed by atoms with E-state index in [1.54, 1.807) is 0 Å². The van der Waals surface area contributed by atoms with Crippen molar-refractivity contribution in [2.45, 2.75) is 13.8 Å². The summed E-state index contributed by atoms with van der Waals surface area (Å²) in [6, 6.07) is 1.43. The van der Waals surface area contributed by atoms with Gasteiger partial charge in [0, 0.05) is 23.5 Å². The normalized spacial score (nSPS) is 9.47. The highest BCUT2D eigenvalue weighted by Crippen LogP contribution is 2.07. The van der Waals surface area contributed by atoms with Gasteiger partial charge in [0.05, 0.1) is 0 Å². The third-order valence-electron chi connectivity index (χ3n) is 2.02. The van der Waals surface area contributed by atoms with Crippen molar-refractivity contribution in [3.63, 3.8) is 0 Å². The minimum Gasteiger partial charge on any atom is -0.372 e. The molecule has 0 saturated carbocycles. The average molecular weight is 208 g/mol. The second-order valence-corrected chi connectivity index (χ2v) is 2.94. The second-order valence-electron chi connectivity index (χ2n) is 2.94. The van der Waals surface area contributed by atoms with E-state index in [4.69, 9.17) is 4.79 Å². The van der Waals surface area contributed by atoms with E-state index in [0.717, 1.165) is 11.3 Å². The maximum absolute atomic E-state index is 11.2. The zero-order valence-corrected chi connectivity index (χ0v) is 8.52. The Morgan fingerprint density at radius 2 is 2.13 bits per heavy atom. The standard InChI is InChI=1S/C8H9N3O.CH3NO/c1-5-6(2)10-11-7(12)3-4-9-8(5)11;2-1-3/h3-4,10H,1-2H3;1H,(H2,2,3). The van der Waals surface area contributed by atoms with Crippen molar-refractivity contribution in [1.29, 1.82) is 0 Å². The number of amides is 1. The van der Waals surface area contributed by atoms with Gasteiger partial charge < -0.3 is 5.73 Å². The van der Waals surface area contributed by atoms with Crippen molar-refractivity contribution < 1.29 is 4.79 Å². The number of nitrogens with one attached hydrogen (secondary N) is 1. The second kappa shape index (κ2) is 4.41. The van der Waals surface area contributed by atoms with Gasteiger partial charge in [-0.2, -0.15) is 0 Å². The molecule has 0 fully saturated rings. The lowest BCUT2D eigenvalue weighted by Crippen LogP contribution is -2.12. The van der Waals surface area contributed by atoms with E-state index >= 15 is 0 Å². The van der Waals surface area contributed by atoms with E-state index in [2.05, 4.69) is 15.8 Å². The lowest BCUT2D eigenvalue weighted by Gasteiger charge is -1.88. The van der Waals surface area contributed by atoms with Gasteiger partial charge >= 0.3 is 0 Å². The van der Waals surface area contributed by atoms with Crippen LogP contribution in [0.25, 0.3) is 5.65 Å². The largest absolute Gasteiger partial charge is 0.372 e. The first-order valence-corrected chi connectivity index (χ1v) is 4.30. The molecule has 0 spiro atoms. The van der Waals surface area contributed by atoms with Crippen LogP contribution >= 0.6 is 0 Å². The zero-order valence-electron chi connectivity index (χ0n) is 8.52. The van der Waals surface area contributed by atoms with Gasteiger partial charge in [0.15, 0.2) is 5.65 Å². The van der Waals surface area contributed by atoms with Crippen LogP contribution in [0.2, 0.25) is 0 Å². The van der Waals surface area contributed by atoms with Crippen LogP contribution in [0.1, 0.15) is 11.3 Å². The highest BCUT2D eigenvalue weighted by molar-refractivity contribution is 5.47. The Morgan fingerprint density at radius 3 is 2.67 bits per heavy atom. The number of primary amides is 1. The fraction of sp³-hybridized carbons (Fsp3) is 0.222. The molecule has 1 amide bonds. The first-order chi connectivity index (χ1) is 7.11. The van der Waals surface area contributed by atoms with Crippen molar-refractivity contribution >= 4 is 12.1 Å². The summed E-state index contributed by atoms with van der Waals surface area (Å²) in [6.07, 6.45) is 1.78. The molecule has 15 heavy (non-hydrogen) atoms. The molecular formula is C9H12N4O2. The van der Waals surface area contributed by atoms with Crippen LogP contribution in [0.4, 0.5) is 0 Å². The molecule has 0 atom stereocenters. The molecule has 2 rings (SSSR count). The molecule has 6 heteroatoms. The Kier molecular flexibility index (Phi) is 3.22. The number of nitrogens with zero attached hydrogens (tertiary/aromatic N) is 2. The first-order valence-electron chi connectivity index (χ1n) is 4.30. The Bertz CT molecular complexity index is 526. The summed E-state index contributed by atoms with van der Waals surface area (Å²) in [7, 11) is 0. The highest BCUT2D eigenvalue weighted by atomic mass is 16.1. The van der Waals surface area contributed by atoms with E-state index < -0.39 is 0 Å². The molecule has 0 bridgehead atoms. The Hall–Kier alpha value is -2.11. The SMILES string of the molecule is Cc1[nH]n2c(=O)ccnc2c1C.NC=O. The number of hydrogen-bond donors (Lipinski definition) is 2. The highest BCUT2D eigenvalue weighted by Gasteiger charge is 2.04. The molecule has 0 saturated heterocycles. The van der Waals surface area contributed by atoms with Gasteiger partial charge in [-0.05, 0) is 13.8 Å². The van der Waals surface area contributed by atoms with E-state index in [9.17, 15) is 4.79 Å². The van der Waals surface area contributed by atoms with E-state index in [0.29, 0.717) is 5.65 Å². The van der Waals surface area contributed by atoms with Crippen LogP contribution in [0.15, 0.2) is 17.1 Å². The number of carbonyl (C=O) groups excluding carboxylic acids is 1. The number of aromatic nitrogens is 3. The number of H-pyrrole nitrogens is 1. The molecule has 0 aromatic carbocycles. The molecule has 2 aromatic heterocycles. The minimum atomic E-state index is -0.0730. The Labute approximate surface area is 85.7 Å². The zero-order chi connectivity index (χ0) is 11.4. The number of aryl methyl sites for hydroxylation is 2. The number of fused-ring (bicyclic) bond motifs is 1. The Balaban J connectivity index is 0.000000337. The number of rotatable bonds is 0. The number of aromatic amines is 1. The quantitative estimate of drug-likeness (QED) is 0.584. The summed E-state index contributed by atoms with van der Waals surface area (Å²) in [5.74, 6) is 0. The summed E-state index contributed by atoms with van der Waals surface area (Å²) < 4.78 is 1.45. The lowest BCUT2D eigenvalue weighted by atomic mass is 10.3. The molecule has 2 heterocycles. The van der Waals surface area contributed by atoms with Crippen molar-refractivity contribution in [2.24, 2.45) is 5.73 Å². The van der Waals surface area contributed by atoms with Crippen LogP contribution in [0.3, 0.4) is 0 Å². The molecule has 0 aliphatic carbocycles. The van der Waals surface area contributed by atoms with Crippen LogP contribution < -0.4 is 11.3 Å². The van der Waals surface area contributed by atoms with Crippen LogP contribution in [-0.2, 0) is 4.79 Å². The van der Waals surface area contributed by atoms with Gasteiger partial charge in [0.2, 0.25) is 6.41 Å². The van der Waals surface area contributed by atoms with Crippen molar-refractivity contribution in [3.05, 3.63) is 33.9 Å². The molecule has 0 aliphatic rings. The maximum Gasteiger partial charge on any atom is 0.272 e. The molecule has 2 aromatic rings. The average Bonchev–Trinajstić information content (AvgIpc) is 2.48. The molecule has 0 radical (unpaired) electrons. The molecule has 6 nitrogen and oxygen atoms in total. The molecular weight excluding hydrogens is 196 g/mol. The molecule has 0 unspecified atom stereocenters. The van der Waals surface area contributed by atoms with E-state index in [-0.39, 0.29) is 12.0 Å². The topological polar surface area (TPSA) is 93.2 Å². The van der Waals surface area contributed by atoms with Crippen molar-refractivity contribution in [3.8, 4) is 0 Å². The Morgan fingerprint density at radius 1 is 1.53 bits per heavy atom. The summed E-state index contributed by atoms with van der Waals surface area (Å²) in [5.41, 5.74) is 6.80. The summed E-state index contributed by atoms with van der Waals surface area (Å²) >= 11 is 0. The van der Waals surface area contributed by atoms with Gasteiger partial charge in [-0.25, -0.2) is 9.50 Å². The van der Waals surface area contributed by atoms with Crippen LogP contribution in [0.5, 0.6) is 0 Å². The predicted molar refractivity (Wildman–Crippen MR) is 55.5 cm³/mol. The smallest absolute Gasteiger partial charge is 0.272 e. The monoisotopic (exact) mass is 208 g/mol. The summed E-state index contributed by atoms with van der Waals surface area (Å²) in [5, 5.41) is 2.94. The predicted octanol–water partition coefficient (Wildman–Crippen LogP) is -0.259. The van der Waals surface area contributed by atoms with Gasteiger partial charge in [-0.15, -0.1) is 0 Å². The van der Waals surface area contributed by atoms with E-state index in [1.807, 2.05) is 13.8 Å². The van der Waals surface area contributed by atoms with Crippen molar-refractivity contribution in [1.82, 2.24) is 14.6 Å². The first kappa shape index (κ1) is 11.0. The number of nitrogens with two attached hydrogens (primary N) is 1. The molecule has 3 N–H and O–H groups in total. The number of hydrogen-bond acceptors (Lipinski definition) is 3. The third-order valence-corrected chi connectivity index (χ3v) is 2.02.